The first kappa shape index (κ1) is 16.6. The zero-order valence-corrected chi connectivity index (χ0v) is 13.9. The van der Waals surface area contributed by atoms with Crippen LogP contribution in [0.15, 0.2) is 34.3 Å². The van der Waals surface area contributed by atoms with Gasteiger partial charge in [-0.1, -0.05) is 6.07 Å². The minimum Gasteiger partial charge on any atom is -0.266 e. The van der Waals surface area contributed by atoms with E-state index in [1.807, 2.05) is 6.07 Å². The number of allylic oxidation sites excluding steroid dienone is 1. The Kier molecular flexibility index (Phi) is 4.71. The summed E-state index contributed by atoms with van der Waals surface area (Å²) in [7, 11) is 0. The number of aryl methyl sites for hydroxylation is 2. The van der Waals surface area contributed by atoms with Gasteiger partial charge in [0, 0.05) is 11.8 Å². The van der Waals surface area contributed by atoms with E-state index in [4.69, 9.17) is 0 Å². The summed E-state index contributed by atoms with van der Waals surface area (Å²) < 4.78 is 1.46. The van der Waals surface area contributed by atoms with Crippen LogP contribution in [-0.4, -0.2) is 20.6 Å². The highest BCUT2D eigenvalue weighted by atomic mass is 79.9. The van der Waals surface area contributed by atoms with Crippen molar-refractivity contribution in [3.8, 4) is 6.07 Å². The van der Waals surface area contributed by atoms with E-state index in [0.29, 0.717) is 21.4 Å². The van der Waals surface area contributed by atoms with Crippen LogP contribution in [0.3, 0.4) is 0 Å². The monoisotopic (exact) mass is 374 g/mol. The zero-order valence-electron chi connectivity index (χ0n) is 12.3. The highest BCUT2D eigenvalue weighted by molar-refractivity contribution is 9.10. The van der Waals surface area contributed by atoms with Gasteiger partial charge in [0.25, 0.3) is 11.6 Å². The molecule has 0 amide bonds. The molecule has 116 valence electrons. The molecule has 1 heterocycles. The Balaban J connectivity index is 2.45. The first-order valence-corrected chi connectivity index (χ1v) is 7.26. The van der Waals surface area contributed by atoms with Crippen molar-refractivity contribution in [1.82, 2.24) is 9.78 Å². The lowest BCUT2D eigenvalue weighted by Gasteiger charge is -2.02. The van der Waals surface area contributed by atoms with Crippen molar-refractivity contribution in [3.05, 3.63) is 61.4 Å². The van der Waals surface area contributed by atoms with Gasteiger partial charge < -0.3 is 0 Å². The maximum absolute atomic E-state index is 12.4. The molecule has 2 aromatic rings. The van der Waals surface area contributed by atoms with E-state index in [2.05, 4.69) is 21.0 Å². The smallest absolute Gasteiger partial charge is 0.266 e. The van der Waals surface area contributed by atoms with E-state index >= 15 is 0 Å². The van der Waals surface area contributed by atoms with Crippen LogP contribution in [0.2, 0.25) is 0 Å². The van der Waals surface area contributed by atoms with Crippen LogP contribution in [-0.2, 0) is 0 Å². The second kappa shape index (κ2) is 6.54. The molecule has 0 spiro atoms. The number of halogens is 1. The minimum atomic E-state index is -0.580. The van der Waals surface area contributed by atoms with Gasteiger partial charge in [-0.2, -0.15) is 10.4 Å². The number of hydrogen-bond acceptors (Lipinski definition) is 5. The van der Waals surface area contributed by atoms with E-state index in [-0.39, 0.29) is 11.3 Å². The first-order chi connectivity index (χ1) is 10.8. The molecule has 0 bridgehead atoms. The maximum Gasteiger partial charge on any atom is 0.289 e. The molecule has 1 aromatic heterocycles. The summed E-state index contributed by atoms with van der Waals surface area (Å²) in [6, 6.07) is 7.89. The van der Waals surface area contributed by atoms with E-state index in [1.54, 1.807) is 26.0 Å². The van der Waals surface area contributed by atoms with E-state index < -0.39 is 10.8 Å². The Morgan fingerprint density at radius 1 is 1.43 bits per heavy atom. The molecule has 0 saturated carbocycles. The largest absolute Gasteiger partial charge is 0.289 e. The van der Waals surface area contributed by atoms with Gasteiger partial charge in [0.2, 0.25) is 0 Å². The Hall–Kier alpha value is -2.79. The highest BCUT2D eigenvalue weighted by Gasteiger charge is 2.17. The fourth-order valence-electron chi connectivity index (χ4n) is 2.02. The second-order valence-corrected chi connectivity index (χ2v) is 5.64. The fourth-order valence-corrected chi connectivity index (χ4v) is 2.41. The fraction of sp³-hybridized carbons (Fsp3) is 0.133. The molecule has 7 nitrogen and oxygen atoms in total. The lowest BCUT2D eigenvalue weighted by Crippen LogP contribution is -2.15. The van der Waals surface area contributed by atoms with Crippen LogP contribution in [0, 0.1) is 35.3 Å². The van der Waals surface area contributed by atoms with Crippen molar-refractivity contribution in [1.29, 1.82) is 5.26 Å². The molecule has 0 N–H and O–H groups in total. The third-order valence-corrected chi connectivity index (χ3v) is 3.70. The molecule has 23 heavy (non-hydrogen) atoms. The summed E-state index contributed by atoms with van der Waals surface area (Å²) in [6.07, 6.45) is 1.30. The van der Waals surface area contributed by atoms with Crippen LogP contribution in [0.4, 0.5) is 5.69 Å². The van der Waals surface area contributed by atoms with Gasteiger partial charge >= 0.3 is 0 Å². The van der Waals surface area contributed by atoms with Gasteiger partial charge in [0.15, 0.2) is 0 Å². The molecule has 0 saturated heterocycles. The van der Waals surface area contributed by atoms with Gasteiger partial charge in [0.1, 0.15) is 11.6 Å². The molecule has 0 unspecified atom stereocenters. The number of benzene rings is 1. The van der Waals surface area contributed by atoms with Gasteiger partial charge in [0.05, 0.1) is 15.1 Å². The number of hydrogen-bond donors (Lipinski definition) is 0. The average molecular weight is 375 g/mol. The molecular formula is C15H11BrN4O3. The van der Waals surface area contributed by atoms with Crippen LogP contribution in [0.1, 0.15) is 21.7 Å². The molecule has 0 aliphatic heterocycles. The summed E-state index contributed by atoms with van der Waals surface area (Å²) >= 11 is 3.08. The number of nitro benzene ring substituents is 1. The van der Waals surface area contributed by atoms with Gasteiger partial charge in [-0.25, -0.2) is 4.68 Å². The number of nitrogens with zero attached hydrogens (tertiary/aromatic N) is 4. The van der Waals surface area contributed by atoms with Gasteiger partial charge in [-0.05, 0) is 53.5 Å². The molecule has 1 aromatic carbocycles. The Morgan fingerprint density at radius 2 is 2.13 bits per heavy atom. The summed E-state index contributed by atoms with van der Waals surface area (Å²) in [5.74, 6) is -0.580. The number of carbonyl (C=O) groups is 1. The summed E-state index contributed by atoms with van der Waals surface area (Å²) in [5, 5.41) is 24.2. The number of aromatic nitrogens is 2. The number of nitro groups is 1. The quantitative estimate of drug-likeness (QED) is 0.354. The highest BCUT2D eigenvalue weighted by Crippen LogP contribution is 2.26. The molecule has 0 atom stereocenters. The standard InChI is InChI=1S/C15H11BrN4O3/c1-9-5-10(2)19(18-9)15(21)12(8-17)6-11-3-4-13(16)14(7-11)20(22)23/h3-7H,1-2H3/b12-6+. The lowest BCUT2D eigenvalue weighted by atomic mass is 10.1. The third kappa shape index (κ3) is 3.52. The van der Waals surface area contributed by atoms with Crippen molar-refractivity contribution in [2.75, 3.05) is 0 Å². The third-order valence-electron chi connectivity index (χ3n) is 3.03. The van der Waals surface area contributed by atoms with Crippen LogP contribution in [0.5, 0.6) is 0 Å². The Bertz CT molecular complexity index is 877. The Labute approximate surface area is 140 Å². The average Bonchev–Trinajstić information content (AvgIpc) is 2.84. The van der Waals surface area contributed by atoms with Crippen molar-refractivity contribution in [2.45, 2.75) is 13.8 Å². The molecule has 0 aliphatic rings. The minimum absolute atomic E-state index is 0.144. The molecule has 8 heteroatoms. The molecule has 2 rings (SSSR count). The second-order valence-electron chi connectivity index (χ2n) is 4.78. The summed E-state index contributed by atoms with van der Waals surface area (Å²) in [5.41, 5.74) is 1.34. The van der Waals surface area contributed by atoms with Gasteiger partial charge in [-0.3, -0.25) is 14.9 Å². The molecular weight excluding hydrogens is 364 g/mol. The van der Waals surface area contributed by atoms with Crippen molar-refractivity contribution in [2.24, 2.45) is 0 Å². The Morgan fingerprint density at radius 3 is 2.65 bits per heavy atom. The van der Waals surface area contributed by atoms with E-state index in [0.717, 1.165) is 4.68 Å². The predicted molar refractivity (Wildman–Crippen MR) is 86.7 cm³/mol. The van der Waals surface area contributed by atoms with Crippen molar-refractivity contribution in [3.63, 3.8) is 0 Å². The predicted octanol–water partition coefficient (Wildman–Crippen LogP) is 3.42. The van der Waals surface area contributed by atoms with Crippen LogP contribution in [0.25, 0.3) is 6.08 Å². The van der Waals surface area contributed by atoms with E-state index in [1.165, 1.54) is 18.2 Å². The van der Waals surface area contributed by atoms with Crippen molar-refractivity contribution >= 4 is 33.6 Å². The van der Waals surface area contributed by atoms with Crippen LogP contribution < -0.4 is 0 Å². The zero-order chi connectivity index (χ0) is 17.1. The number of nitriles is 1. The molecule has 0 fully saturated rings. The lowest BCUT2D eigenvalue weighted by molar-refractivity contribution is -0.385. The van der Waals surface area contributed by atoms with Crippen LogP contribution >= 0.6 is 15.9 Å². The number of rotatable bonds is 3. The van der Waals surface area contributed by atoms with E-state index in [9.17, 15) is 20.2 Å². The number of carbonyl (C=O) groups excluding carboxylic acids is 1. The SMILES string of the molecule is Cc1cc(C)n(C(=O)/C(C#N)=C/c2ccc(Br)c([N+](=O)[O-])c2)n1. The molecule has 0 aliphatic carbocycles. The summed E-state index contributed by atoms with van der Waals surface area (Å²) in [6.45, 7) is 3.45. The van der Waals surface area contributed by atoms with Crippen molar-refractivity contribution < 1.29 is 9.72 Å². The summed E-state index contributed by atoms with van der Waals surface area (Å²) in [4.78, 5) is 22.8. The first-order valence-electron chi connectivity index (χ1n) is 6.47. The van der Waals surface area contributed by atoms with Gasteiger partial charge in [-0.15, -0.1) is 0 Å². The molecule has 0 radical (unpaired) electrons. The normalized spacial score (nSPS) is 11.1. The topological polar surface area (TPSA) is 102 Å². The maximum atomic E-state index is 12.4.